The first kappa shape index (κ1) is 15.3. The number of halogens is 1. The van der Waals surface area contributed by atoms with Crippen LogP contribution in [0.2, 0.25) is 0 Å². The second kappa shape index (κ2) is 6.65. The Morgan fingerprint density at radius 3 is 3.14 bits per heavy atom. The normalized spacial score (nSPS) is 24.2. The minimum Gasteiger partial charge on any atom is -0.494 e. The SMILES string of the molecule is COc1cccc(CCC(=O)N2CCC[C@H]3CNC[C@H]32)c1F. The van der Waals surface area contributed by atoms with Crippen LogP contribution >= 0.6 is 0 Å². The summed E-state index contributed by atoms with van der Waals surface area (Å²) in [5.74, 6) is 0.617. The number of ether oxygens (including phenoxy) is 1. The molecule has 0 aromatic heterocycles. The van der Waals surface area contributed by atoms with Crippen LogP contribution in [0.4, 0.5) is 4.39 Å². The predicted molar refractivity (Wildman–Crippen MR) is 82.4 cm³/mol. The number of fused-ring (bicyclic) bond motifs is 1. The van der Waals surface area contributed by atoms with E-state index in [1.54, 1.807) is 18.2 Å². The lowest BCUT2D eigenvalue weighted by Crippen LogP contribution is -2.48. The van der Waals surface area contributed by atoms with E-state index in [1.807, 2.05) is 4.90 Å². The quantitative estimate of drug-likeness (QED) is 0.925. The molecule has 0 spiro atoms. The van der Waals surface area contributed by atoms with Crippen LogP contribution in [0.1, 0.15) is 24.8 Å². The zero-order valence-corrected chi connectivity index (χ0v) is 13.0. The van der Waals surface area contributed by atoms with Gasteiger partial charge in [-0.05, 0) is 36.8 Å². The van der Waals surface area contributed by atoms with E-state index in [2.05, 4.69) is 5.32 Å². The molecular weight excluding hydrogens is 283 g/mol. The first-order valence-electron chi connectivity index (χ1n) is 8.02. The monoisotopic (exact) mass is 306 g/mol. The van der Waals surface area contributed by atoms with Gasteiger partial charge in [-0.1, -0.05) is 12.1 Å². The Hall–Kier alpha value is -1.62. The topological polar surface area (TPSA) is 41.6 Å². The van der Waals surface area contributed by atoms with E-state index >= 15 is 0 Å². The number of nitrogens with zero attached hydrogens (tertiary/aromatic N) is 1. The number of amides is 1. The van der Waals surface area contributed by atoms with Gasteiger partial charge in [-0.25, -0.2) is 4.39 Å². The third-order valence-corrected chi connectivity index (χ3v) is 4.87. The van der Waals surface area contributed by atoms with Crippen LogP contribution in [0.15, 0.2) is 18.2 Å². The van der Waals surface area contributed by atoms with Crippen molar-refractivity contribution in [2.75, 3.05) is 26.7 Å². The highest BCUT2D eigenvalue weighted by Gasteiger charge is 2.36. The van der Waals surface area contributed by atoms with Crippen LogP contribution in [-0.4, -0.2) is 43.6 Å². The number of piperidine rings is 1. The molecule has 120 valence electrons. The van der Waals surface area contributed by atoms with Gasteiger partial charge in [0.15, 0.2) is 11.6 Å². The average molecular weight is 306 g/mol. The smallest absolute Gasteiger partial charge is 0.223 e. The molecule has 0 bridgehead atoms. The van der Waals surface area contributed by atoms with Crippen molar-refractivity contribution in [3.8, 4) is 5.75 Å². The van der Waals surface area contributed by atoms with Crippen molar-refractivity contribution in [3.05, 3.63) is 29.6 Å². The summed E-state index contributed by atoms with van der Waals surface area (Å²) < 4.78 is 19.1. The lowest BCUT2D eigenvalue weighted by Gasteiger charge is -2.37. The number of aryl methyl sites for hydroxylation is 1. The highest BCUT2D eigenvalue weighted by molar-refractivity contribution is 5.77. The van der Waals surface area contributed by atoms with Crippen molar-refractivity contribution in [1.29, 1.82) is 0 Å². The summed E-state index contributed by atoms with van der Waals surface area (Å²) in [5, 5.41) is 3.38. The predicted octanol–water partition coefficient (Wildman–Crippen LogP) is 1.98. The number of hydrogen-bond acceptors (Lipinski definition) is 3. The Labute approximate surface area is 130 Å². The van der Waals surface area contributed by atoms with Gasteiger partial charge in [0.1, 0.15) is 0 Å². The summed E-state index contributed by atoms with van der Waals surface area (Å²) in [6, 6.07) is 5.41. The van der Waals surface area contributed by atoms with Crippen LogP contribution in [0.3, 0.4) is 0 Å². The van der Waals surface area contributed by atoms with Gasteiger partial charge >= 0.3 is 0 Å². The van der Waals surface area contributed by atoms with Gasteiger partial charge in [0.05, 0.1) is 7.11 Å². The Bertz CT molecular complexity index is 549. The van der Waals surface area contributed by atoms with Crippen molar-refractivity contribution in [2.45, 2.75) is 31.7 Å². The summed E-state index contributed by atoms with van der Waals surface area (Å²) in [6.45, 7) is 2.74. The van der Waals surface area contributed by atoms with Gasteiger partial charge in [-0.15, -0.1) is 0 Å². The summed E-state index contributed by atoms with van der Waals surface area (Å²) in [5.41, 5.74) is 0.547. The van der Waals surface area contributed by atoms with Gasteiger partial charge in [0.2, 0.25) is 5.91 Å². The van der Waals surface area contributed by atoms with E-state index in [4.69, 9.17) is 4.74 Å². The molecule has 2 fully saturated rings. The zero-order valence-electron chi connectivity index (χ0n) is 13.0. The van der Waals surface area contributed by atoms with E-state index in [-0.39, 0.29) is 17.5 Å². The number of benzene rings is 1. The standard InChI is InChI=1S/C17H23FN2O2/c1-22-15-6-2-4-12(17(15)18)7-8-16(21)20-9-3-5-13-10-19-11-14(13)20/h2,4,6,13-14,19H,3,5,7-11H2,1H3/t13-,14+/m0/s1. The molecule has 1 aromatic rings. The maximum atomic E-state index is 14.1. The molecule has 1 aromatic carbocycles. The van der Waals surface area contributed by atoms with E-state index in [9.17, 15) is 9.18 Å². The maximum Gasteiger partial charge on any atom is 0.223 e. The lowest BCUT2D eigenvalue weighted by atomic mass is 9.91. The van der Waals surface area contributed by atoms with E-state index in [1.165, 1.54) is 13.5 Å². The van der Waals surface area contributed by atoms with Gasteiger partial charge in [-0.3, -0.25) is 4.79 Å². The number of rotatable bonds is 4. The number of nitrogens with one attached hydrogen (secondary N) is 1. The molecule has 0 saturated carbocycles. The minimum absolute atomic E-state index is 0.139. The molecular formula is C17H23FN2O2. The number of carbonyl (C=O) groups is 1. The third kappa shape index (κ3) is 2.95. The first-order chi connectivity index (χ1) is 10.7. The molecule has 2 saturated heterocycles. The molecule has 4 nitrogen and oxygen atoms in total. The number of likely N-dealkylation sites (tertiary alicyclic amines) is 1. The summed E-state index contributed by atoms with van der Waals surface area (Å²) in [4.78, 5) is 14.5. The van der Waals surface area contributed by atoms with E-state index < -0.39 is 0 Å². The lowest BCUT2D eigenvalue weighted by molar-refractivity contribution is -0.135. The second-order valence-electron chi connectivity index (χ2n) is 6.15. The van der Waals surface area contributed by atoms with Crippen LogP contribution < -0.4 is 10.1 Å². The van der Waals surface area contributed by atoms with Crippen LogP contribution in [0, 0.1) is 11.7 Å². The number of carbonyl (C=O) groups excluding carboxylic acids is 1. The Kier molecular flexibility index (Phi) is 4.62. The molecule has 3 rings (SSSR count). The fourth-order valence-corrected chi connectivity index (χ4v) is 3.67. The molecule has 0 aliphatic carbocycles. The first-order valence-corrected chi connectivity index (χ1v) is 8.02. The average Bonchev–Trinajstić information content (AvgIpc) is 3.02. The molecule has 1 N–H and O–H groups in total. The van der Waals surface area contributed by atoms with Crippen LogP contribution in [-0.2, 0) is 11.2 Å². The molecule has 0 unspecified atom stereocenters. The van der Waals surface area contributed by atoms with E-state index in [0.29, 0.717) is 30.4 Å². The Morgan fingerprint density at radius 1 is 1.45 bits per heavy atom. The molecule has 22 heavy (non-hydrogen) atoms. The van der Waals surface area contributed by atoms with Crippen molar-refractivity contribution >= 4 is 5.91 Å². The van der Waals surface area contributed by atoms with Crippen LogP contribution in [0.5, 0.6) is 5.75 Å². The third-order valence-electron chi connectivity index (χ3n) is 4.87. The molecule has 5 heteroatoms. The van der Waals surface area contributed by atoms with Gasteiger partial charge < -0.3 is 15.0 Å². The second-order valence-corrected chi connectivity index (χ2v) is 6.15. The number of hydrogen-bond donors (Lipinski definition) is 1. The highest BCUT2D eigenvalue weighted by atomic mass is 19.1. The molecule has 2 aliphatic heterocycles. The van der Waals surface area contributed by atoms with Crippen molar-refractivity contribution < 1.29 is 13.9 Å². The molecule has 1 amide bonds. The maximum absolute atomic E-state index is 14.1. The zero-order chi connectivity index (χ0) is 15.5. The van der Waals surface area contributed by atoms with Gasteiger partial charge in [-0.2, -0.15) is 0 Å². The Balaban J connectivity index is 1.62. The molecule has 2 heterocycles. The van der Waals surface area contributed by atoms with Crippen molar-refractivity contribution in [1.82, 2.24) is 10.2 Å². The number of methoxy groups -OCH3 is 1. The summed E-state index contributed by atoms with van der Waals surface area (Å²) in [6.07, 6.45) is 3.05. The van der Waals surface area contributed by atoms with Crippen molar-refractivity contribution in [2.24, 2.45) is 5.92 Å². The largest absolute Gasteiger partial charge is 0.494 e. The Morgan fingerprint density at radius 2 is 2.32 bits per heavy atom. The molecule has 2 aliphatic rings. The van der Waals surface area contributed by atoms with E-state index in [0.717, 1.165) is 26.1 Å². The van der Waals surface area contributed by atoms with Crippen LogP contribution in [0.25, 0.3) is 0 Å². The molecule has 2 atom stereocenters. The highest BCUT2D eigenvalue weighted by Crippen LogP contribution is 2.27. The fraction of sp³-hybridized carbons (Fsp3) is 0.588. The molecule has 0 radical (unpaired) electrons. The van der Waals surface area contributed by atoms with Crippen molar-refractivity contribution in [3.63, 3.8) is 0 Å². The fourth-order valence-electron chi connectivity index (χ4n) is 3.67. The summed E-state index contributed by atoms with van der Waals surface area (Å²) >= 11 is 0. The van der Waals surface area contributed by atoms with Gasteiger partial charge in [0, 0.05) is 32.1 Å². The minimum atomic E-state index is -0.350. The summed E-state index contributed by atoms with van der Waals surface area (Å²) in [7, 11) is 1.45. The van der Waals surface area contributed by atoms with Gasteiger partial charge in [0.25, 0.3) is 0 Å².